The van der Waals surface area contributed by atoms with Gasteiger partial charge < -0.3 is 14.2 Å². The first-order valence-electron chi connectivity index (χ1n) is 34.3. The van der Waals surface area contributed by atoms with Gasteiger partial charge in [-0.25, -0.2) is 0 Å². The first-order valence-corrected chi connectivity index (χ1v) is 34.3. The van der Waals surface area contributed by atoms with Crippen molar-refractivity contribution in [1.29, 1.82) is 0 Å². The van der Waals surface area contributed by atoms with Crippen LogP contribution in [0.25, 0.3) is 0 Å². The van der Waals surface area contributed by atoms with Gasteiger partial charge in [0.2, 0.25) is 0 Å². The Morgan fingerprint density at radius 2 is 0.482 bits per heavy atom. The van der Waals surface area contributed by atoms with Gasteiger partial charge in [-0.1, -0.05) is 314 Å². The Kier molecular flexibility index (Phi) is 65.8. The molecule has 83 heavy (non-hydrogen) atoms. The fourth-order valence-electron chi connectivity index (χ4n) is 9.28. The Labute approximate surface area is 512 Å². The molecular formula is C77H126O6. The highest BCUT2D eigenvalue weighted by molar-refractivity contribution is 5.71. The third kappa shape index (κ3) is 68.0. The summed E-state index contributed by atoms with van der Waals surface area (Å²) in [5.74, 6) is -0.958. The van der Waals surface area contributed by atoms with Crippen molar-refractivity contribution in [2.24, 2.45) is 0 Å². The van der Waals surface area contributed by atoms with E-state index in [1.807, 2.05) is 0 Å². The van der Waals surface area contributed by atoms with Crippen LogP contribution in [0.5, 0.6) is 0 Å². The Morgan fingerprint density at radius 1 is 0.253 bits per heavy atom. The number of esters is 3. The molecule has 6 heteroatoms. The molecule has 0 aliphatic carbocycles. The second-order valence-corrected chi connectivity index (χ2v) is 22.3. The van der Waals surface area contributed by atoms with E-state index in [9.17, 15) is 14.4 Å². The van der Waals surface area contributed by atoms with Crippen molar-refractivity contribution in [3.05, 3.63) is 146 Å². The molecule has 0 saturated heterocycles. The van der Waals surface area contributed by atoms with Crippen molar-refractivity contribution in [2.45, 2.75) is 309 Å². The van der Waals surface area contributed by atoms with Gasteiger partial charge in [0.15, 0.2) is 6.10 Å². The second kappa shape index (κ2) is 69.8. The van der Waals surface area contributed by atoms with E-state index in [1.54, 1.807) is 0 Å². The van der Waals surface area contributed by atoms with Crippen molar-refractivity contribution in [3.8, 4) is 0 Å². The molecule has 0 radical (unpaired) electrons. The zero-order valence-electron chi connectivity index (χ0n) is 53.9. The lowest BCUT2D eigenvalue weighted by Crippen LogP contribution is -2.30. The summed E-state index contributed by atoms with van der Waals surface area (Å²) in [4.78, 5) is 38.4. The fraction of sp³-hybridized carbons (Fsp3) is 0.649. The van der Waals surface area contributed by atoms with Gasteiger partial charge in [-0.2, -0.15) is 0 Å². The van der Waals surface area contributed by atoms with Gasteiger partial charge in [-0.3, -0.25) is 14.4 Å². The molecule has 0 N–H and O–H groups in total. The highest BCUT2D eigenvalue weighted by Crippen LogP contribution is 2.16. The lowest BCUT2D eigenvalue weighted by atomic mass is 10.0. The Hall–Kier alpha value is -4.71. The van der Waals surface area contributed by atoms with E-state index in [1.165, 1.54) is 135 Å². The number of hydrogen-bond acceptors (Lipinski definition) is 6. The first-order chi connectivity index (χ1) is 41.0. The van der Waals surface area contributed by atoms with Crippen LogP contribution in [0.15, 0.2) is 146 Å². The van der Waals surface area contributed by atoms with Crippen LogP contribution in [0, 0.1) is 0 Å². The number of rotatable bonds is 61. The van der Waals surface area contributed by atoms with Crippen molar-refractivity contribution in [1.82, 2.24) is 0 Å². The number of allylic oxidation sites excluding steroid dienone is 24. The largest absolute Gasteiger partial charge is 0.462 e. The summed E-state index contributed by atoms with van der Waals surface area (Å²) in [5.41, 5.74) is 0. The molecule has 0 rings (SSSR count). The van der Waals surface area contributed by atoms with Crippen molar-refractivity contribution in [2.75, 3.05) is 13.2 Å². The lowest BCUT2D eigenvalue weighted by Gasteiger charge is -2.18. The third-order valence-corrected chi connectivity index (χ3v) is 14.3. The molecule has 0 amide bonds. The Bertz CT molecular complexity index is 1800. The predicted molar refractivity (Wildman–Crippen MR) is 362 cm³/mol. The minimum absolute atomic E-state index is 0.103. The summed E-state index contributed by atoms with van der Waals surface area (Å²) in [6.07, 6.45) is 100. The topological polar surface area (TPSA) is 78.9 Å². The molecule has 0 spiro atoms. The van der Waals surface area contributed by atoms with Gasteiger partial charge in [-0.05, 0) is 116 Å². The highest BCUT2D eigenvalue weighted by atomic mass is 16.6. The van der Waals surface area contributed by atoms with Crippen LogP contribution < -0.4 is 0 Å². The summed E-state index contributed by atoms with van der Waals surface area (Å²) >= 11 is 0. The molecule has 0 heterocycles. The number of carbonyl (C=O) groups is 3. The molecule has 0 aliphatic heterocycles. The van der Waals surface area contributed by atoms with E-state index in [2.05, 4.69) is 167 Å². The van der Waals surface area contributed by atoms with Crippen LogP contribution in [-0.4, -0.2) is 37.2 Å². The zero-order chi connectivity index (χ0) is 59.9. The van der Waals surface area contributed by atoms with E-state index in [0.29, 0.717) is 19.3 Å². The van der Waals surface area contributed by atoms with Gasteiger partial charge in [0.1, 0.15) is 13.2 Å². The molecule has 0 aromatic rings. The molecule has 0 bridgehead atoms. The van der Waals surface area contributed by atoms with Gasteiger partial charge in [0.25, 0.3) is 0 Å². The summed E-state index contributed by atoms with van der Waals surface area (Å²) < 4.78 is 16.9. The second-order valence-electron chi connectivity index (χ2n) is 22.3. The Morgan fingerprint density at radius 3 is 0.771 bits per heavy atom. The summed E-state index contributed by atoms with van der Waals surface area (Å²) in [6.45, 7) is 6.38. The summed E-state index contributed by atoms with van der Waals surface area (Å²) in [7, 11) is 0. The minimum atomic E-state index is -0.814. The maximum absolute atomic E-state index is 12.9. The molecule has 0 fully saturated rings. The number of ether oxygens (including phenoxy) is 3. The van der Waals surface area contributed by atoms with Crippen LogP contribution in [-0.2, 0) is 28.6 Å². The van der Waals surface area contributed by atoms with Crippen molar-refractivity contribution < 1.29 is 28.6 Å². The van der Waals surface area contributed by atoms with E-state index >= 15 is 0 Å². The van der Waals surface area contributed by atoms with Crippen molar-refractivity contribution in [3.63, 3.8) is 0 Å². The van der Waals surface area contributed by atoms with E-state index < -0.39 is 6.10 Å². The van der Waals surface area contributed by atoms with Crippen LogP contribution in [0.1, 0.15) is 303 Å². The van der Waals surface area contributed by atoms with Crippen LogP contribution in [0.4, 0.5) is 0 Å². The number of carbonyl (C=O) groups excluding carboxylic acids is 3. The lowest BCUT2D eigenvalue weighted by molar-refractivity contribution is -0.167. The summed E-state index contributed by atoms with van der Waals surface area (Å²) in [6, 6.07) is 0. The van der Waals surface area contributed by atoms with Gasteiger partial charge in [0, 0.05) is 19.3 Å². The van der Waals surface area contributed by atoms with E-state index in [-0.39, 0.29) is 37.5 Å². The summed E-state index contributed by atoms with van der Waals surface area (Å²) in [5, 5.41) is 0. The smallest absolute Gasteiger partial charge is 0.306 e. The quantitative estimate of drug-likeness (QED) is 0.0261. The molecule has 6 nitrogen and oxygen atoms in total. The molecule has 0 aromatic carbocycles. The molecule has 470 valence electrons. The maximum Gasteiger partial charge on any atom is 0.306 e. The standard InChI is InChI=1S/C77H126O6/c1-4-7-10-13-16-19-22-25-27-29-31-33-35-36-37-38-39-40-42-43-45-47-49-52-55-58-61-64-67-70-76(79)82-73-74(72-81-75(78)69-66-63-60-57-54-51-24-21-18-15-12-9-6-3)83-77(80)71-68-65-62-59-56-53-50-48-46-44-41-34-32-30-28-26-23-20-17-14-11-8-5-2/h7-8,10-11,16-17,19-20,25-28,31-34,36-37,44,46,50,53,59,62,74H,4-6,9,12-15,18,21-24,29-30,35,38-43,45,47-49,51-52,54-58,60-61,63-73H2,1-3H3/b10-7-,11-8-,19-16-,20-17-,27-25-,28-26-,33-31-,34-32-,37-36-,46-44-,53-50-,62-59-. The molecule has 0 saturated carbocycles. The first kappa shape index (κ1) is 78.3. The van der Waals surface area contributed by atoms with E-state index in [0.717, 1.165) is 122 Å². The Balaban J connectivity index is 4.38. The SMILES string of the molecule is CC/C=C\C/C=C\C/C=C\C/C=C\C/C=C\C/C=C\C/C=C\CCCC(=O)OC(COC(=O)CCCCCCCCCCCCCCC)COC(=O)CCCCCCCCCCCCCCC/C=C\C/C=C\C/C=C\C/C=C\C/C=C\CC. The number of hydrogen-bond donors (Lipinski definition) is 0. The molecule has 1 atom stereocenters. The van der Waals surface area contributed by atoms with Gasteiger partial charge in [0.05, 0.1) is 0 Å². The number of unbranched alkanes of at least 4 members (excludes halogenated alkanes) is 26. The molecule has 0 aromatic heterocycles. The third-order valence-electron chi connectivity index (χ3n) is 14.3. The normalized spacial score (nSPS) is 13.0. The molecule has 0 aliphatic rings. The van der Waals surface area contributed by atoms with Gasteiger partial charge in [-0.15, -0.1) is 0 Å². The highest BCUT2D eigenvalue weighted by Gasteiger charge is 2.19. The van der Waals surface area contributed by atoms with Crippen LogP contribution in [0.2, 0.25) is 0 Å². The van der Waals surface area contributed by atoms with Crippen molar-refractivity contribution >= 4 is 17.9 Å². The monoisotopic (exact) mass is 1150 g/mol. The molecule has 1 unspecified atom stereocenters. The average Bonchev–Trinajstić information content (AvgIpc) is 3.49. The van der Waals surface area contributed by atoms with Crippen LogP contribution in [0.3, 0.4) is 0 Å². The zero-order valence-corrected chi connectivity index (χ0v) is 53.9. The van der Waals surface area contributed by atoms with E-state index in [4.69, 9.17) is 14.2 Å². The fourth-order valence-corrected chi connectivity index (χ4v) is 9.28. The average molecular weight is 1150 g/mol. The minimum Gasteiger partial charge on any atom is -0.462 e. The van der Waals surface area contributed by atoms with Gasteiger partial charge >= 0.3 is 17.9 Å². The predicted octanol–water partition coefficient (Wildman–Crippen LogP) is 23.9. The van der Waals surface area contributed by atoms with Crippen LogP contribution >= 0.6 is 0 Å². The molecular weight excluding hydrogens is 1020 g/mol. The maximum atomic E-state index is 12.9.